The van der Waals surface area contributed by atoms with E-state index in [1.54, 1.807) is 13.1 Å². The number of esters is 1. The highest BCUT2D eigenvalue weighted by Gasteiger charge is 2.05. The molecule has 0 bridgehead atoms. The SMILES string of the molecule is CCOC(=O)CCNc1nccc2c(Br)cccc12. The van der Waals surface area contributed by atoms with E-state index in [4.69, 9.17) is 4.74 Å². The van der Waals surface area contributed by atoms with Crippen LogP contribution < -0.4 is 5.32 Å². The molecule has 1 heterocycles. The third-order valence-corrected chi connectivity index (χ3v) is 3.37. The molecule has 0 saturated carbocycles. The number of carbonyl (C=O) groups excluding carboxylic acids is 1. The summed E-state index contributed by atoms with van der Waals surface area (Å²) in [6.07, 6.45) is 2.08. The lowest BCUT2D eigenvalue weighted by atomic mass is 10.1. The Kier molecular flexibility index (Phi) is 4.74. The van der Waals surface area contributed by atoms with Crippen LogP contribution in [-0.4, -0.2) is 24.1 Å². The number of hydrogen-bond acceptors (Lipinski definition) is 4. The average Bonchev–Trinajstić information content (AvgIpc) is 2.40. The molecule has 0 aliphatic heterocycles. The standard InChI is InChI=1S/C14H15BrN2O2/c1-2-19-13(18)7-9-17-14-11-4-3-5-12(15)10(11)6-8-16-14/h3-6,8H,2,7,9H2,1H3,(H,16,17). The third kappa shape index (κ3) is 3.44. The first-order chi connectivity index (χ1) is 9.22. The fraction of sp³-hybridized carbons (Fsp3) is 0.286. The number of rotatable bonds is 5. The molecule has 0 radical (unpaired) electrons. The van der Waals surface area contributed by atoms with Crippen LogP contribution in [0.3, 0.4) is 0 Å². The Morgan fingerprint density at radius 3 is 3.00 bits per heavy atom. The number of ether oxygens (including phenoxy) is 1. The molecule has 5 heteroatoms. The average molecular weight is 323 g/mol. The van der Waals surface area contributed by atoms with Gasteiger partial charge in [0, 0.05) is 28.0 Å². The number of fused-ring (bicyclic) bond motifs is 1. The fourth-order valence-corrected chi connectivity index (χ4v) is 2.32. The summed E-state index contributed by atoms with van der Waals surface area (Å²) in [5.74, 6) is 0.583. The van der Waals surface area contributed by atoms with Crippen LogP contribution in [0.15, 0.2) is 34.9 Å². The second-order valence-electron chi connectivity index (χ2n) is 3.98. The van der Waals surface area contributed by atoms with E-state index in [1.807, 2.05) is 24.3 Å². The van der Waals surface area contributed by atoms with Gasteiger partial charge in [0.1, 0.15) is 5.82 Å². The number of pyridine rings is 1. The molecule has 1 aromatic heterocycles. The topological polar surface area (TPSA) is 51.2 Å². The van der Waals surface area contributed by atoms with E-state index in [9.17, 15) is 4.79 Å². The largest absolute Gasteiger partial charge is 0.466 e. The van der Waals surface area contributed by atoms with Gasteiger partial charge in [-0.15, -0.1) is 0 Å². The lowest BCUT2D eigenvalue weighted by Gasteiger charge is -2.09. The summed E-state index contributed by atoms with van der Waals surface area (Å²) in [4.78, 5) is 15.6. The Bertz CT molecular complexity index is 587. The predicted octanol–water partition coefficient (Wildman–Crippen LogP) is 3.36. The van der Waals surface area contributed by atoms with Crippen molar-refractivity contribution in [1.29, 1.82) is 0 Å². The number of carbonyl (C=O) groups is 1. The summed E-state index contributed by atoms with van der Waals surface area (Å²) in [5.41, 5.74) is 0. The Morgan fingerprint density at radius 1 is 1.37 bits per heavy atom. The van der Waals surface area contributed by atoms with Gasteiger partial charge < -0.3 is 10.1 Å². The second-order valence-corrected chi connectivity index (χ2v) is 4.83. The lowest BCUT2D eigenvalue weighted by molar-refractivity contribution is -0.142. The molecule has 1 aromatic carbocycles. The molecule has 0 unspecified atom stereocenters. The van der Waals surface area contributed by atoms with Gasteiger partial charge in [0.05, 0.1) is 13.0 Å². The number of halogens is 1. The van der Waals surface area contributed by atoms with Crippen molar-refractivity contribution in [2.45, 2.75) is 13.3 Å². The highest BCUT2D eigenvalue weighted by molar-refractivity contribution is 9.10. The molecule has 0 spiro atoms. The van der Waals surface area contributed by atoms with Crippen LogP contribution in [0.5, 0.6) is 0 Å². The summed E-state index contributed by atoms with van der Waals surface area (Å²) in [6, 6.07) is 7.91. The van der Waals surface area contributed by atoms with E-state index >= 15 is 0 Å². The Balaban J connectivity index is 2.09. The zero-order valence-electron chi connectivity index (χ0n) is 10.6. The quantitative estimate of drug-likeness (QED) is 0.857. The van der Waals surface area contributed by atoms with Crippen molar-refractivity contribution in [2.75, 3.05) is 18.5 Å². The molecular formula is C14H15BrN2O2. The molecule has 0 fully saturated rings. The maximum atomic E-state index is 11.3. The number of hydrogen-bond donors (Lipinski definition) is 1. The first kappa shape index (κ1) is 13.8. The molecule has 100 valence electrons. The van der Waals surface area contributed by atoms with Gasteiger partial charge in [-0.2, -0.15) is 0 Å². The zero-order valence-corrected chi connectivity index (χ0v) is 12.2. The number of nitrogens with zero attached hydrogens (tertiary/aromatic N) is 1. The first-order valence-electron chi connectivity index (χ1n) is 6.15. The Morgan fingerprint density at radius 2 is 2.21 bits per heavy atom. The summed E-state index contributed by atoms with van der Waals surface area (Å²) in [5, 5.41) is 5.29. The number of nitrogens with one attached hydrogen (secondary N) is 1. The molecule has 0 atom stereocenters. The van der Waals surface area contributed by atoms with Crippen molar-refractivity contribution >= 4 is 38.5 Å². The van der Waals surface area contributed by atoms with Gasteiger partial charge in [-0.05, 0) is 19.1 Å². The summed E-state index contributed by atoms with van der Waals surface area (Å²) < 4.78 is 5.91. The molecule has 0 saturated heterocycles. The van der Waals surface area contributed by atoms with Crippen molar-refractivity contribution < 1.29 is 9.53 Å². The molecule has 0 aliphatic rings. The van der Waals surface area contributed by atoms with Crippen LogP contribution in [0.25, 0.3) is 10.8 Å². The fourth-order valence-electron chi connectivity index (χ4n) is 1.83. The number of aromatic nitrogens is 1. The lowest BCUT2D eigenvalue weighted by Crippen LogP contribution is -2.12. The summed E-state index contributed by atoms with van der Waals surface area (Å²) >= 11 is 3.51. The van der Waals surface area contributed by atoms with Crippen molar-refractivity contribution in [3.8, 4) is 0 Å². The van der Waals surface area contributed by atoms with Gasteiger partial charge in [0.25, 0.3) is 0 Å². The molecule has 1 N–H and O–H groups in total. The van der Waals surface area contributed by atoms with E-state index in [0.717, 1.165) is 21.1 Å². The monoisotopic (exact) mass is 322 g/mol. The maximum Gasteiger partial charge on any atom is 0.307 e. The van der Waals surface area contributed by atoms with Crippen LogP contribution >= 0.6 is 15.9 Å². The van der Waals surface area contributed by atoms with Gasteiger partial charge in [-0.3, -0.25) is 4.79 Å². The van der Waals surface area contributed by atoms with Gasteiger partial charge >= 0.3 is 5.97 Å². The molecule has 19 heavy (non-hydrogen) atoms. The van der Waals surface area contributed by atoms with Crippen LogP contribution in [0.2, 0.25) is 0 Å². The van der Waals surface area contributed by atoms with Gasteiger partial charge in [-0.25, -0.2) is 4.98 Å². The summed E-state index contributed by atoms with van der Waals surface area (Å²) in [7, 11) is 0. The predicted molar refractivity (Wildman–Crippen MR) is 79.2 cm³/mol. The van der Waals surface area contributed by atoms with Gasteiger partial charge in [0.2, 0.25) is 0 Å². The van der Waals surface area contributed by atoms with Crippen molar-refractivity contribution in [3.63, 3.8) is 0 Å². The zero-order chi connectivity index (χ0) is 13.7. The Labute approximate surface area is 120 Å². The van der Waals surface area contributed by atoms with Gasteiger partial charge in [0.15, 0.2) is 0 Å². The second kappa shape index (κ2) is 6.52. The number of anilines is 1. The number of benzene rings is 1. The maximum absolute atomic E-state index is 11.3. The van der Waals surface area contributed by atoms with Gasteiger partial charge in [-0.1, -0.05) is 28.1 Å². The van der Waals surface area contributed by atoms with E-state index in [1.165, 1.54) is 0 Å². The third-order valence-electron chi connectivity index (χ3n) is 2.68. The van der Waals surface area contributed by atoms with E-state index < -0.39 is 0 Å². The van der Waals surface area contributed by atoms with Crippen molar-refractivity contribution in [1.82, 2.24) is 4.98 Å². The van der Waals surface area contributed by atoms with Crippen LogP contribution in [0, 0.1) is 0 Å². The summed E-state index contributed by atoms with van der Waals surface area (Å²) in [6.45, 7) is 2.73. The van der Waals surface area contributed by atoms with Crippen molar-refractivity contribution in [3.05, 3.63) is 34.9 Å². The molecule has 0 amide bonds. The van der Waals surface area contributed by atoms with Crippen LogP contribution in [0.4, 0.5) is 5.82 Å². The van der Waals surface area contributed by atoms with E-state index in [-0.39, 0.29) is 5.97 Å². The smallest absolute Gasteiger partial charge is 0.307 e. The molecule has 2 aromatic rings. The van der Waals surface area contributed by atoms with Crippen molar-refractivity contribution in [2.24, 2.45) is 0 Å². The minimum Gasteiger partial charge on any atom is -0.466 e. The molecule has 0 aliphatic carbocycles. The van der Waals surface area contributed by atoms with E-state index in [2.05, 4.69) is 26.2 Å². The highest BCUT2D eigenvalue weighted by atomic mass is 79.9. The van der Waals surface area contributed by atoms with Crippen LogP contribution in [0.1, 0.15) is 13.3 Å². The minimum atomic E-state index is -0.198. The molecular weight excluding hydrogens is 308 g/mol. The van der Waals surface area contributed by atoms with E-state index in [0.29, 0.717) is 19.6 Å². The first-order valence-corrected chi connectivity index (χ1v) is 6.94. The Hall–Kier alpha value is -1.62. The normalized spacial score (nSPS) is 10.4. The van der Waals surface area contributed by atoms with Crippen LogP contribution in [-0.2, 0) is 9.53 Å². The molecule has 4 nitrogen and oxygen atoms in total. The molecule has 2 rings (SSSR count). The minimum absolute atomic E-state index is 0.198. The highest BCUT2D eigenvalue weighted by Crippen LogP contribution is 2.27.